The Morgan fingerprint density at radius 1 is 0.900 bits per heavy atom. The van der Waals surface area contributed by atoms with E-state index in [1.807, 2.05) is 60.8 Å². The molecule has 1 N–H and O–H groups in total. The Kier molecular flexibility index (Phi) is 6.33. The number of halogens is 3. The molecule has 6 heteroatoms. The summed E-state index contributed by atoms with van der Waals surface area (Å²) in [6, 6.07) is 21.8. The van der Waals surface area contributed by atoms with Gasteiger partial charge in [0.2, 0.25) is 0 Å². The number of nitrogens with one attached hydrogen (secondary N) is 1. The molecule has 3 nitrogen and oxygen atoms in total. The van der Waals surface area contributed by atoms with Gasteiger partial charge in [-0.2, -0.15) is 5.10 Å². The first-order chi connectivity index (χ1) is 14.5. The average Bonchev–Trinajstić information content (AvgIpc) is 3.01. The summed E-state index contributed by atoms with van der Waals surface area (Å²) in [5, 5.41) is 7.48. The number of rotatable bonds is 6. The highest BCUT2D eigenvalue weighted by Gasteiger charge is 2.13. The van der Waals surface area contributed by atoms with E-state index in [0.29, 0.717) is 23.1 Å². The van der Waals surface area contributed by atoms with Gasteiger partial charge in [0.25, 0.3) is 0 Å². The lowest BCUT2D eigenvalue weighted by molar-refractivity contribution is 0.747. The number of hydrazone groups is 1. The van der Waals surface area contributed by atoms with Gasteiger partial charge >= 0.3 is 0 Å². The molecule has 0 fully saturated rings. The summed E-state index contributed by atoms with van der Waals surface area (Å²) in [5.74, 6) is 0. The normalized spacial score (nSPS) is 11.5. The summed E-state index contributed by atoms with van der Waals surface area (Å²) in [4.78, 5) is 0. The van der Waals surface area contributed by atoms with E-state index in [0.717, 1.165) is 38.3 Å². The van der Waals surface area contributed by atoms with Crippen molar-refractivity contribution in [3.63, 3.8) is 0 Å². The van der Waals surface area contributed by atoms with Gasteiger partial charge in [0, 0.05) is 33.7 Å². The van der Waals surface area contributed by atoms with Crippen LogP contribution in [-0.4, -0.2) is 10.8 Å². The van der Waals surface area contributed by atoms with Gasteiger partial charge in [0.1, 0.15) is 0 Å². The van der Waals surface area contributed by atoms with E-state index >= 15 is 0 Å². The highest BCUT2D eigenvalue weighted by atomic mass is 35.5. The second-order valence-corrected chi connectivity index (χ2v) is 8.32. The van der Waals surface area contributed by atoms with Crippen LogP contribution in [-0.2, 0) is 13.1 Å². The largest absolute Gasteiger partial charge is 0.340 e. The van der Waals surface area contributed by atoms with Crippen molar-refractivity contribution >= 4 is 51.9 Å². The molecule has 1 aromatic heterocycles. The van der Waals surface area contributed by atoms with Crippen LogP contribution in [0.1, 0.15) is 22.4 Å². The van der Waals surface area contributed by atoms with Crippen molar-refractivity contribution in [2.45, 2.75) is 20.0 Å². The molecule has 0 aliphatic rings. The van der Waals surface area contributed by atoms with Crippen LogP contribution in [0.3, 0.4) is 0 Å². The number of benzene rings is 3. The third-order valence-electron chi connectivity index (χ3n) is 5.09. The monoisotopic (exact) mass is 455 g/mol. The van der Waals surface area contributed by atoms with E-state index in [1.54, 1.807) is 0 Å². The van der Waals surface area contributed by atoms with Crippen LogP contribution < -0.4 is 5.43 Å². The number of para-hydroxylation sites is 1. The molecule has 152 valence electrons. The topological polar surface area (TPSA) is 29.3 Å². The number of nitrogens with zero attached hydrogens (tertiary/aromatic N) is 2. The van der Waals surface area contributed by atoms with E-state index < -0.39 is 0 Å². The Labute approximate surface area is 190 Å². The van der Waals surface area contributed by atoms with Gasteiger partial charge in [0.05, 0.1) is 22.8 Å². The summed E-state index contributed by atoms with van der Waals surface area (Å²) in [5.41, 5.74) is 8.72. The summed E-state index contributed by atoms with van der Waals surface area (Å²) in [6.07, 6.45) is 1.89. The first kappa shape index (κ1) is 20.8. The minimum Gasteiger partial charge on any atom is -0.340 e. The maximum atomic E-state index is 6.21. The minimum absolute atomic E-state index is 0.564. The molecule has 0 saturated carbocycles. The smallest absolute Gasteiger partial charge is 0.0595 e. The van der Waals surface area contributed by atoms with Gasteiger partial charge < -0.3 is 9.99 Å². The van der Waals surface area contributed by atoms with Gasteiger partial charge in [-0.1, -0.05) is 71.2 Å². The molecule has 0 amide bonds. The lowest BCUT2D eigenvalue weighted by Crippen LogP contribution is -2.06. The second kappa shape index (κ2) is 9.13. The lowest BCUT2D eigenvalue weighted by Gasteiger charge is -2.09. The van der Waals surface area contributed by atoms with Crippen LogP contribution in [0.5, 0.6) is 0 Å². The Morgan fingerprint density at radius 3 is 2.40 bits per heavy atom. The highest BCUT2D eigenvalue weighted by Crippen LogP contribution is 2.28. The standard InChI is InChI=1S/C24H20Cl3N3/c1-16-21(14-29-28-13-17-6-9-19(25)10-7-17)20-4-2-3-5-24(20)30(16)15-18-8-11-22(26)23(27)12-18/h2-12,14,28H,13,15H2,1H3/b29-14-. The molecule has 0 spiro atoms. The molecule has 0 saturated heterocycles. The van der Waals surface area contributed by atoms with Gasteiger partial charge in [-0.15, -0.1) is 0 Å². The summed E-state index contributed by atoms with van der Waals surface area (Å²) in [7, 11) is 0. The summed E-state index contributed by atoms with van der Waals surface area (Å²) < 4.78 is 2.27. The molecule has 30 heavy (non-hydrogen) atoms. The Hall–Kier alpha value is -2.46. The SMILES string of the molecule is Cc1c(/C=N\NCc2ccc(Cl)cc2)c2ccccc2n1Cc1ccc(Cl)c(Cl)c1. The molecule has 0 unspecified atom stereocenters. The average molecular weight is 457 g/mol. The zero-order chi connectivity index (χ0) is 21.1. The van der Waals surface area contributed by atoms with Crippen molar-refractivity contribution in [1.29, 1.82) is 0 Å². The molecule has 3 aromatic carbocycles. The van der Waals surface area contributed by atoms with Crippen molar-refractivity contribution in [3.8, 4) is 0 Å². The third-order valence-corrected chi connectivity index (χ3v) is 6.08. The number of hydrogen-bond acceptors (Lipinski definition) is 2. The molecule has 4 aromatic rings. The van der Waals surface area contributed by atoms with Gasteiger partial charge in [-0.05, 0) is 48.4 Å². The predicted octanol–water partition coefficient (Wildman–Crippen LogP) is 7.08. The Bertz CT molecular complexity index is 1210. The van der Waals surface area contributed by atoms with Crippen LogP contribution in [0.25, 0.3) is 10.9 Å². The number of hydrogen-bond donors (Lipinski definition) is 1. The number of aromatic nitrogens is 1. The van der Waals surface area contributed by atoms with Crippen molar-refractivity contribution in [2.75, 3.05) is 0 Å². The van der Waals surface area contributed by atoms with Crippen molar-refractivity contribution in [3.05, 3.63) is 104 Å². The third kappa shape index (κ3) is 4.49. The van der Waals surface area contributed by atoms with E-state index in [2.05, 4.69) is 34.2 Å². The van der Waals surface area contributed by atoms with E-state index in [1.165, 1.54) is 0 Å². The van der Waals surface area contributed by atoms with Gasteiger partial charge in [0.15, 0.2) is 0 Å². The molecule has 0 aliphatic heterocycles. The number of fused-ring (bicyclic) bond motifs is 1. The molecule has 4 rings (SSSR count). The summed E-state index contributed by atoms with van der Waals surface area (Å²) in [6.45, 7) is 3.45. The first-order valence-electron chi connectivity index (χ1n) is 9.55. The molecule has 0 radical (unpaired) electrons. The van der Waals surface area contributed by atoms with E-state index in [9.17, 15) is 0 Å². The van der Waals surface area contributed by atoms with Crippen LogP contribution in [0.2, 0.25) is 15.1 Å². The zero-order valence-corrected chi connectivity index (χ0v) is 18.6. The maximum absolute atomic E-state index is 6.21. The quantitative estimate of drug-likeness (QED) is 0.244. The van der Waals surface area contributed by atoms with Crippen LogP contribution >= 0.6 is 34.8 Å². The lowest BCUT2D eigenvalue weighted by atomic mass is 10.1. The van der Waals surface area contributed by atoms with Crippen LogP contribution in [0.4, 0.5) is 0 Å². The molecular formula is C24H20Cl3N3. The summed E-state index contributed by atoms with van der Waals surface area (Å²) >= 11 is 18.2. The zero-order valence-electron chi connectivity index (χ0n) is 16.4. The Balaban J connectivity index is 1.59. The minimum atomic E-state index is 0.564. The molecule has 0 bridgehead atoms. The molecule has 0 atom stereocenters. The van der Waals surface area contributed by atoms with Crippen molar-refractivity contribution in [1.82, 2.24) is 9.99 Å². The van der Waals surface area contributed by atoms with Crippen molar-refractivity contribution < 1.29 is 0 Å². The molecule has 0 aliphatic carbocycles. The van der Waals surface area contributed by atoms with Gasteiger partial charge in [-0.3, -0.25) is 0 Å². The maximum Gasteiger partial charge on any atom is 0.0595 e. The fourth-order valence-corrected chi connectivity index (χ4v) is 3.94. The van der Waals surface area contributed by atoms with Crippen LogP contribution in [0.15, 0.2) is 71.8 Å². The van der Waals surface area contributed by atoms with Crippen LogP contribution in [0, 0.1) is 6.92 Å². The van der Waals surface area contributed by atoms with Gasteiger partial charge in [-0.25, -0.2) is 0 Å². The first-order valence-corrected chi connectivity index (χ1v) is 10.7. The molecular weight excluding hydrogens is 437 g/mol. The fourth-order valence-electron chi connectivity index (χ4n) is 3.49. The van der Waals surface area contributed by atoms with E-state index in [-0.39, 0.29) is 0 Å². The molecule has 1 heterocycles. The fraction of sp³-hybridized carbons (Fsp3) is 0.125. The van der Waals surface area contributed by atoms with Crippen molar-refractivity contribution in [2.24, 2.45) is 5.10 Å². The highest BCUT2D eigenvalue weighted by molar-refractivity contribution is 6.42. The Morgan fingerprint density at radius 2 is 1.63 bits per heavy atom. The van der Waals surface area contributed by atoms with E-state index in [4.69, 9.17) is 34.8 Å². The second-order valence-electron chi connectivity index (χ2n) is 7.07. The predicted molar refractivity (Wildman–Crippen MR) is 128 cm³/mol.